The molecular formula is C16H27N. The molecule has 0 bridgehead atoms. The predicted molar refractivity (Wildman–Crippen MR) is 76.2 cm³/mol. The highest BCUT2D eigenvalue weighted by molar-refractivity contribution is 5.25. The average molecular weight is 233 g/mol. The van der Waals surface area contributed by atoms with E-state index >= 15 is 0 Å². The van der Waals surface area contributed by atoms with Gasteiger partial charge in [0.15, 0.2) is 0 Å². The molecule has 2 atom stereocenters. The van der Waals surface area contributed by atoms with Gasteiger partial charge < -0.3 is 5.32 Å². The van der Waals surface area contributed by atoms with Crippen LogP contribution in [0.15, 0.2) is 24.3 Å². The van der Waals surface area contributed by atoms with Crippen molar-refractivity contribution in [2.45, 2.75) is 47.1 Å². The topological polar surface area (TPSA) is 12.0 Å². The summed E-state index contributed by atoms with van der Waals surface area (Å²) in [5.74, 6) is 1.35. The Morgan fingerprint density at radius 1 is 1.18 bits per heavy atom. The second-order valence-corrected chi connectivity index (χ2v) is 5.45. The third-order valence-electron chi connectivity index (χ3n) is 3.59. The molecule has 1 aromatic carbocycles. The highest BCUT2D eigenvalue weighted by Crippen LogP contribution is 2.28. The Morgan fingerprint density at radius 3 is 2.41 bits per heavy atom. The van der Waals surface area contributed by atoms with Crippen LogP contribution in [-0.2, 0) is 0 Å². The van der Waals surface area contributed by atoms with Crippen LogP contribution in [-0.4, -0.2) is 6.54 Å². The normalized spacial score (nSPS) is 14.9. The standard InChI is InChI=1S/C16H27N/c1-6-10-17-16(14(5)12(2)3)15-9-7-8-13(4)11-15/h7-9,11-12,14,16-17H,6,10H2,1-5H3. The van der Waals surface area contributed by atoms with Crippen molar-refractivity contribution in [3.8, 4) is 0 Å². The van der Waals surface area contributed by atoms with Crippen LogP contribution in [0, 0.1) is 18.8 Å². The molecule has 1 rings (SSSR count). The van der Waals surface area contributed by atoms with E-state index in [9.17, 15) is 0 Å². The fourth-order valence-electron chi connectivity index (χ4n) is 2.16. The molecular weight excluding hydrogens is 206 g/mol. The molecule has 0 spiro atoms. The van der Waals surface area contributed by atoms with Gasteiger partial charge in [0.25, 0.3) is 0 Å². The van der Waals surface area contributed by atoms with Crippen LogP contribution in [0.25, 0.3) is 0 Å². The Labute approximate surface area is 107 Å². The molecule has 0 aliphatic heterocycles. The van der Waals surface area contributed by atoms with Crippen LogP contribution in [0.2, 0.25) is 0 Å². The van der Waals surface area contributed by atoms with E-state index < -0.39 is 0 Å². The summed E-state index contributed by atoms with van der Waals surface area (Å²) in [6.45, 7) is 12.4. The van der Waals surface area contributed by atoms with Gasteiger partial charge in [-0.2, -0.15) is 0 Å². The van der Waals surface area contributed by atoms with Gasteiger partial charge in [-0.1, -0.05) is 57.5 Å². The minimum absolute atomic E-state index is 0.481. The maximum absolute atomic E-state index is 3.69. The highest BCUT2D eigenvalue weighted by Gasteiger charge is 2.21. The molecule has 2 unspecified atom stereocenters. The first kappa shape index (κ1) is 14.2. The van der Waals surface area contributed by atoms with Gasteiger partial charge in [-0.05, 0) is 37.3 Å². The minimum atomic E-state index is 0.481. The number of rotatable bonds is 6. The second kappa shape index (κ2) is 6.80. The van der Waals surface area contributed by atoms with Crippen LogP contribution < -0.4 is 5.32 Å². The van der Waals surface area contributed by atoms with Crippen LogP contribution in [0.3, 0.4) is 0 Å². The third kappa shape index (κ3) is 4.16. The van der Waals surface area contributed by atoms with Crippen molar-refractivity contribution in [2.75, 3.05) is 6.54 Å². The first-order valence-electron chi connectivity index (χ1n) is 6.86. The monoisotopic (exact) mass is 233 g/mol. The Kier molecular flexibility index (Phi) is 5.70. The van der Waals surface area contributed by atoms with Crippen molar-refractivity contribution in [2.24, 2.45) is 11.8 Å². The predicted octanol–water partition coefficient (Wildman–Crippen LogP) is 4.33. The van der Waals surface area contributed by atoms with Gasteiger partial charge in [0.05, 0.1) is 0 Å². The first-order valence-corrected chi connectivity index (χ1v) is 6.86. The van der Waals surface area contributed by atoms with Crippen molar-refractivity contribution in [3.63, 3.8) is 0 Å². The lowest BCUT2D eigenvalue weighted by atomic mass is 9.85. The van der Waals surface area contributed by atoms with E-state index in [1.165, 1.54) is 17.5 Å². The molecule has 0 aromatic heterocycles. The van der Waals surface area contributed by atoms with E-state index in [-0.39, 0.29) is 0 Å². The number of hydrogen-bond donors (Lipinski definition) is 1. The second-order valence-electron chi connectivity index (χ2n) is 5.45. The molecule has 0 heterocycles. The quantitative estimate of drug-likeness (QED) is 0.771. The van der Waals surface area contributed by atoms with Crippen LogP contribution in [0.5, 0.6) is 0 Å². The molecule has 0 amide bonds. The fourth-order valence-corrected chi connectivity index (χ4v) is 2.16. The number of nitrogens with one attached hydrogen (secondary N) is 1. The molecule has 17 heavy (non-hydrogen) atoms. The van der Waals surface area contributed by atoms with E-state index in [1.807, 2.05) is 0 Å². The Bertz CT molecular complexity index is 330. The smallest absolute Gasteiger partial charge is 0.0348 e. The van der Waals surface area contributed by atoms with Crippen molar-refractivity contribution in [3.05, 3.63) is 35.4 Å². The Morgan fingerprint density at radius 2 is 1.88 bits per heavy atom. The van der Waals surface area contributed by atoms with E-state index in [0.29, 0.717) is 17.9 Å². The van der Waals surface area contributed by atoms with Crippen LogP contribution in [0.4, 0.5) is 0 Å². The number of aryl methyl sites for hydroxylation is 1. The third-order valence-corrected chi connectivity index (χ3v) is 3.59. The van der Waals surface area contributed by atoms with Crippen LogP contribution in [0.1, 0.15) is 51.3 Å². The molecule has 0 saturated heterocycles. The minimum Gasteiger partial charge on any atom is -0.310 e. The van der Waals surface area contributed by atoms with Gasteiger partial charge in [0.2, 0.25) is 0 Å². The van der Waals surface area contributed by atoms with Gasteiger partial charge in [-0.25, -0.2) is 0 Å². The zero-order valence-corrected chi connectivity index (χ0v) is 12.0. The first-order chi connectivity index (χ1) is 8.06. The fraction of sp³-hybridized carbons (Fsp3) is 0.625. The highest BCUT2D eigenvalue weighted by atomic mass is 14.9. The molecule has 1 aromatic rings. The lowest BCUT2D eigenvalue weighted by Crippen LogP contribution is -2.30. The van der Waals surface area contributed by atoms with Crippen molar-refractivity contribution >= 4 is 0 Å². The lowest BCUT2D eigenvalue weighted by molar-refractivity contribution is 0.304. The maximum Gasteiger partial charge on any atom is 0.0348 e. The van der Waals surface area contributed by atoms with Gasteiger partial charge >= 0.3 is 0 Å². The van der Waals surface area contributed by atoms with Gasteiger partial charge in [0, 0.05) is 6.04 Å². The van der Waals surface area contributed by atoms with E-state index in [2.05, 4.69) is 64.2 Å². The van der Waals surface area contributed by atoms with Gasteiger partial charge in [-0.15, -0.1) is 0 Å². The Hall–Kier alpha value is -0.820. The van der Waals surface area contributed by atoms with Crippen molar-refractivity contribution < 1.29 is 0 Å². The Balaban J connectivity index is 2.89. The summed E-state index contributed by atoms with van der Waals surface area (Å²) in [6, 6.07) is 9.37. The zero-order valence-electron chi connectivity index (χ0n) is 12.0. The summed E-state index contributed by atoms with van der Waals surface area (Å²) in [5, 5.41) is 3.69. The molecule has 0 radical (unpaired) electrons. The molecule has 0 aliphatic rings. The van der Waals surface area contributed by atoms with Gasteiger partial charge in [0.1, 0.15) is 0 Å². The summed E-state index contributed by atoms with van der Waals surface area (Å²) >= 11 is 0. The number of hydrogen-bond acceptors (Lipinski definition) is 1. The summed E-state index contributed by atoms with van der Waals surface area (Å²) in [6.07, 6.45) is 1.19. The van der Waals surface area contributed by atoms with E-state index in [1.54, 1.807) is 0 Å². The van der Waals surface area contributed by atoms with E-state index in [4.69, 9.17) is 0 Å². The SMILES string of the molecule is CCCNC(c1cccc(C)c1)C(C)C(C)C. The molecule has 96 valence electrons. The summed E-state index contributed by atoms with van der Waals surface area (Å²) < 4.78 is 0. The lowest BCUT2D eigenvalue weighted by Gasteiger charge is -2.28. The molecule has 1 heteroatoms. The zero-order chi connectivity index (χ0) is 12.8. The van der Waals surface area contributed by atoms with Gasteiger partial charge in [-0.3, -0.25) is 0 Å². The average Bonchev–Trinajstić information content (AvgIpc) is 2.29. The summed E-state index contributed by atoms with van der Waals surface area (Å²) in [7, 11) is 0. The van der Waals surface area contributed by atoms with E-state index in [0.717, 1.165) is 6.54 Å². The number of benzene rings is 1. The summed E-state index contributed by atoms with van der Waals surface area (Å²) in [5.41, 5.74) is 2.78. The molecule has 0 fully saturated rings. The molecule has 1 N–H and O–H groups in total. The molecule has 1 nitrogen and oxygen atoms in total. The van der Waals surface area contributed by atoms with Crippen molar-refractivity contribution in [1.82, 2.24) is 5.32 Å². The summed E-state index contributed by atoms with van der Waals surface area (Å²) in [4.78, 5) is 0. The maximum atomic E-state index is 3.69. The molecule has 0 saturated carbocycles. The molecule has 0 aliphatic carbocycles. The van der Waals surface area contributed by atoms with Crippen LogP contribution >= 0.6 is 0 Å². The van der Waals surface area contributed by atoms with Crippen molar-refractivity contribution in [1.29, 1.82) is 0 Å². The largest absolute Gasteiger partial charge is 0.310 e.